The molecular weight excluding hydrogens is 286 g/mol. The van der Waals surface area contributed by atoms with Gasteiger partial charge in [-0.05, 0) is 30.7 Å². The zero-order chi connectivity index (χ0) is 15.4. The highest BCUT2D eigenvalue weighted by Gasteiger charge is 2.39. The number of benzene rings is 1. The largest absolute Gasteiger partial charge is 0.481 e. The quantitative estimate of drug-likeness (QED) is 0.850. The van der Waals surface area contributed by atoms with Crippen LogP contribution < -0.4 is 0 Å². The summed E-state index contributed by atoms with van der Waals surface area (Å²) in [5.74, 6) is -1.21. The lowest BCUT2D eigenvalue weighted by Crippen LogP contribution is -2.30. The van der Waals surface area contributed by atoms with Crippen molar-refractivity contribution in [1.82, 2.24) is 4.90 Å². The van der Waals surface area contributed by atoms with Crippen LogP contribution in [-0.4, -0.2) is 41.2 Å². The first-order valence-electron chi connectivity index (χ1n) is 7.23. The Morgan fingerprint density at radius 2 is 2.05 bits per heavy atom. The Morgan fingerprint density at radius 1 is 1.33 bits per heavy atom. The van der Waals surface area contributed by atoms with E-state index >= 15 is 0 Å². The third-order valence-corrected chi connectivity index (χ3v) is 4.84. The van der Waals surface area contributed by atoms with Gasteiger partial charge in [0.2, 0.25) is 0 Å². The predicted octanol–water partition coefficient (Wildman–Crippen LogP) is 2.98. The molecule has 2 rings (SSSR count). The summed E-state index contributed by atoms with van der Waals surface area (Å²) in [7, 11) is 0. The Kier molecular flexibility index (Phi) is 5.28. The molecule has 1 N–H and O–H groups in total. The van der Waals surface area contributed by atoms with Crippen molar-refractivity contribution in [3.05, 3.63) is 29.8 Å². The van der Waals surface area contributed by atoms with E-state index in [-0.39, 0.29) is 11.8 Å². The van der Waals surface area contributed by atoms with Crippen molar-refractivity contribution in [3.8, 4) is 0 Å². The van der Waals surface area contributed by atoms with Gasteiger partial charge in [-0.1, -0.05) is 25.5 Å². The molecule has 0 saturated carbocycles. The van der Waals surface area contributed by atoms with Crippen LogP contribution in [0.15, 0.2) is 29.2 Å². The molecule has 0 spiro atoms. The minimum atomic E-state index is -0.790. The number of nitrogens with zero attached hydrogens (tertiary/aromatic N) is 1. The van der Waals surface area contributed by atoms with E-state index in [0.717, 1.165) is 17.7 Å². The van der Waals surface area contributed by atoms with Crippen LogP contribution >= 0.6 is 11.8 Å². The Morgan fingerprint density at radius 3 is 2.67 bits per heavy atom. The third-order valence-electron chi connectivity index (χ3n) is 4.04. The molecule has 1 heterocycles. The summed E-state index contributed by atoms with van der Waals surface area (Å²) in [6.45, 7) is 2.92. The average Bonchev–Trinajstić information content (AvgIpc) is 2.91. The van der Waals surface area contributed by atoms with Crippen molar-refractivity contribution in [2.75, 3.05) is 19.3 Å². The molecule has 0 bridgehead atoms. The zero-order valence-electron chi connectivity index (χ0n) is 12.4. The number of carbonyl (C=O) groups excluding carboxylic acids is 1. The minimum Gasteiger partial charge on any atom is -0.481 e. The fourth-order valence-corrected chi connectivity index (χ4v) is 3.56. The molecule has 1 aliphatic rings. The second-order valence-electron chi connectivity index (χ2n) is 5.40. The van der Waals surface area contributed by atoms with Gasteiger partial charge in [0, 0.05) is 18.0 Å². The zero-order valence-corrected chi connectivity index (χ0v) is 13.2. The van der Waals surface area contributed by atoms with Crippen LogP contribution in [0, 0.1) is 11.8 Å². The molecule has 1 fully saturated rings. The number of rotatable bonds is 5. The third kappa shape index (κ3) is 3.40. The molecule has 0 radical (unpaired) electrons. The van der Waals surface area contributed by atoms with Crippen LogP contribution in [0.2, 0.25) is 0 Å². The molecule has 114 valence electrons. The van der Waals surface area contributed by atoms with E-state index in [2.05, 4.69) is 0 Å². The van der Waals surface area contributed by atoms with E-state index in [1.54, 1.807) is 4.90 Å². The molecule has 1 amide bonds. The van der Waals surface area contributed by atoms with Crippen molar-refractivity contribution < 1.29 is 14.7 Å². The Hall–Kier alpha value is -1.49. The fourth-order valence-electron chi connectivity index (χ4n) is 2.97. The molecule has 2 atom stereocenters. The monoisotopic (exact) mass is 307 g/mol. The summed E-state index contributed by atoms with van der Waals surface area (Å²) in [4.78, 5) is 26.7. The summed E-state index contributed by atoms with van der Waals surface area (Å²) < 4.78 is 0. The number of likely N-dealkylation sites (tertiary alicyclic amines) is 1. The van der Waals surface area contributed by atoms with Gasteiger partial charge in [-0.2, -0.15) is 0 Å². The van der Waals surface area contributed by atoms with Crippen LogP contribution in [-0.2, 0) is 4.79 Å². The molecule has 0 aliphatic carbocycles. The SMILES string of the molecule is CCC[C@@H]1CN(C(=O)c2ccccc2SC)C[C@H]1C(=O)O. The molecule has 4 nitrogen and oxygen atoms in total. The number of thioether (sulfide) groups is 1. The fraction of sp³-hybridized carbons (Fsp3) is 0.500. The van der Waals surface area contributed by atoms with E-state index in [4.69, 9.17) is 0 Å². The van der Waals surface area contributed by atoms with E-state index in [1.807, 2.05) is 37.4 Å². The van der Waals surface area contributed by atoms with E-state index < -0.39 is 11.9 Å². The maximum atomic E-state index is 12.7. The highest BCUT2D eigenvalue weighted by Crippen LogP contribution is 2.30. The Labute approximate surface area is 129 Å². The van der Waals surface area contributed by atoms with Crippen LogP contribution in [0.25, 0.3) is 0 Å². The first kappa shape index (κ1) is 15.9. The molecule has 1 aliphatic heterocycles. The van der Waals surface area contributed by atoms with Gasteiger partial charge in [-0.25, -0.2) is 0 Å². The predicted molar refractivity (Wildman–Crippen MR) is 83.7 cm³/mol. The van der Waals surface area contributed by atoms with Gasteiger partial charge in [0.15, 0.2) is 0 Å². The molecule has 1 saturated heterocycles. The minimum absolute atomic E-state index is 0.0511. The topological polar surface area (TPSA) is 57.6 Å². The second-order valence-corrected chi connectivity index (χ2v) is 6.25. The summed E-state index contributed by atoms with van der Waals surface area (Å²) in [6, 6.07) is 7.50. The van der Waals surface area contributed by atoms with Crippen molar-refractivity contribution >= 4 is 23.6 Å². The smallest absolute Gasteiger partial charge is 0.308 e. The first-order valence-corrected chi connectivity index (χ1v) is 8.46. The number of hydrogen-bond acceptors (Lipinski definition) is 3. The normalized spacial score (nSPS) is 21.5. The molecule has 0 aromatic heterocycles. The molecule has 1 aromatic carbocycles. The maximum absolute atomic E-state index is 12.7. The van der Waals surface area contributed by atoms with E-state index in [1.165, 1.54) is 11.8 Å². The van der Waals surface area contributed by atoms with Crippen molar-refractivity contribution in [3.63, 3.8) is 0 Å². The molecule has 5 heteroatoms. The van der Waals surface area contributed by atoms with E-state index in [0.29, 0.717) is 18.7 Å². The highest BCUT2D eigenvalue weighted by atomic mass is 32.2. The average molecular weight is 307 g/mol. The van der Waals surface area contributed by atoms with Crippen LogP contribution in [0.1, 0.15) is 30.1 Å². The van der Waals surface area contributed by atoms with Gasteiger partial charge in [0.25, 0.3) is 5.91 Å². The lowest BCUT2D eigenvalue weighted by Gasteiger charge is -2.17. The number of carboxylic acids is 1. The number of carbonyl (C=O) groups is 2. The summed E-state index contributed by atoms with van der Waals surface area (Å²) >= 11 is 1.54. The van der Waals surface area contributed by atoms with Crippen LogP contribution in [0.4, 0.5) is 0 Å². The van der Waals surface area contributed by atoms with Crippen LogP contribution in [0.5, 0.6) is 0 Å². The molecular formula is C16H21NO3S. The van der Waals surface area contributed by atoms with Gasteiger partial charge < -0.3 is 10.0 Å². The Balaban J connectivity index is 2.19. The van der Waals surface area contributed by atoms with E-state index in [9.17, 15) is 14.7 Å². The van der Waals surface area contributed by atoms with Gasteiger partial charge in [0.05, 0.1) is 11.5 Å². The maximum Gasteiger partial charge on any atom is 0.308 e. The number of amides is 1. The molecule has 1 aromatic rings. The lowest BCUT2D eigenvalue weighted by molar-refractivity contribution is -0.142. The van der Waals surface area contributed by atoms with Crippen LogP contribution in [0.3, 0.4) is 0 Å². The summed E-state index contributed by atoms with van der Waals surface area (Å²) in [6.07, 6.45) is 3.73. The van der Waals surface area contributed by atoms with Crippen molar-refractivity contribution in [2.45, 2.75) is 24.7 Å². The lowest BCUT2D eigenvalue weighted by atomic mass is 9.92. The van der Waals surface area contributed by atoms with Gasteiger partial charge in [-0.3, -0.25) is 9.59 Å². The number of carboxylic acid groups (broad SMARTS) is 1. The standard InChI is InChI=1S/C16H21NO3S/c1-3-6-11-9-17(10-13(11)16(19)20)15(18)12-7-4-5-8-14(12)21-2/h4-5,7-8,11,13H,3,6,9-10H2,1-2H3,(H,19,20)/t11-,13-/m1/s1. The van der Waals surface area contributed by atoms with Crippen molar-refractivity contribution in [1.29, 1.82) is 0 Å². The van der Waals surface area contributed by atoms with Gasteiger partial charge >= 0.3 is 5.97 Å². The molecule has 0 unspecified atom stereocenters. The second kappa shape index (κ2) is 6.98. The highest BCUT2D eigenvalue weighted by molar-refractivity contribution is 7.98. The Bertz CT molecular complexity index is 532. The summed E-state index contributed by atoms with van der Waals surface area (Å²) in [5.41, 5.74) is 0.672. The number of aliphatic carboxylic acids is 1. The molecule has 21 heavy (non-hydrogen) atoms. The van der Waals surface area contributed by atoms with Gasteiger partial charge in [-0.15, -0.1) is 11.8 Å². The van der Waals surface area contributed by atoms with Gasteiger partial charge in [0.1, 0.15) is 0 Å². The van der Waals surface area contributed by atoms with Crippen molar-refractivity contribution in [2.24, 2.45) is 11.8 Å². The summed E-state index contributed by atoms with van der Waals surface area (Å²) in [5, 5.41) is 9.34. The first-order chi connectivity index (χ1) is 10.1. The number of hydrogen-bond donors (Lipinski definition) is 1.